The maximum Gasteiger partial charge on any atom is 0.137 e. The molecule has 0 aliphatic rings. The predicted octanol–water partition coefficient (Wildman–Crippen LogP) is 5.55. The van der Waals surface area contributed by atoms with E-state index in [0.29, 0.717) is 0 Å². The highest BCUT2D eigenvalue weighted by Crippen LogP contribution is 2.36. The summed E-state index contributed by atoms with van der Waals surface area (Å²) in [4.78, 5) is 1.13. The molecule has 0 aliphatic heterocycles. The Morgan fingerprint density at radius 2 is 1.90 bits per heavy atom. The molecule has 1 unspecified atom stereocenters. The zero-order chi connectivity index (χ0) is 15.4. The van der Waals surface area contributed by atoms with Crippen LogP contribution in [0.15, 0.2) is 50.7 Å². The van der Waals surface area contributed by atoms with Gasteiger partial charge >= 0.3 is 0 Å². The molecule has 0 radical (unpaired) electrons. The van der Waals surface area contributed by atoms with E-state index >= 15 is 0 Å². The molecule has 5 heteroatoms. The molecule has 21 heavy (non-hydrogen) atoms. The molecule has 0 aliphatic carbocycles. The number of rotatable bonds is 5. The van der Waals surface area contributed by atoms with Gasteiger partial charge in [-0.25, -0.2) is 8.78 Å². The second-order valence-corrected chi connectivity index (χ2v) is 6.58. The summed E-state index contributed by atoms with van der Waals surface area (Å²) in [5.41, 5.74) is 1.15. The van der Waals surface area contributed by atoms with Gasteiger partial charge in [-0.2, -0.15) is 0 Å². The summed E-state index contributed by atoms with van der Waals surface area (Å²) in [5.74, 6) is -0.856. The Hall–Kier alpha value is -0.910. The van der Waals surface area contributed by atoms with Crippen LogP contribution in [0.25, 0.3) is 0 Å². The van der Waals surface area contributed by atoms with E-state index in [-0.39, 0.29) is 10.9 Å². The fourth-order valence-corrected chi connectivity index (χ4v) is 3.47. The van der Waals surface area contributed by atoms with Crippen LogP contribution >= 0.6 is 27.7 Å². The summed E-state index contributed by atoms with van der Waals surface area (Å²) in [5, 5.41) is 3.34. The van der Waals surface area contributed by atoms with Gasteiger partial charge in [0.2, 0.25) is 0 Å². The molecule has 0 bridgehead atoms. The number of nitrogens with one attached hydrogen (secondary N) is 1. The topological polar surface area (TPSA) is 12.0 Å². The lowest BCUT2D eigenvalue weighted by atomic mass is 10.1. The van der Waals surface area contributed by atoms with Crippen LogP contribution in [0.5, 0.6) is 0 Å². The first-order valence-electron chi connectivity index (χ1n) is 6.67. The van der Waals surface area contributed by atoms with Gasteiger partial charge in [0.1, 0.15) is 11.6 Å². The molecule has 1 nitrogen and oxygen atoms in total. The lowest BCUT2D eigenvalue weighted by Gasteiger charge is -2.14. The maximum atomic E-state index is 13.7. The normalized spacial score (nSPS) is 12.4. The summed E-state index contributed by atoms with van der Waals surface area (Å²) >= 11 is 4.71. The summed E-state index contributed by atoms with van der Waals surface area (Å²) in [6.07, 6.45) is 0. The Labute approximate surface area is 136 Å². The van der Waals surface area contributed by atoms with Gasteiger partial charge in [-0.05, 0) is 65.3 Å². The second-order valence-electron chi connectivity index (χ2n) is 4.65. The minimum atomic E-state index is -0.438. The molecule has 0 saturated heterocycles. The summed E-state index contributed by atoms with van der Waals surface area (Å²) in [7, 11) is 0. The molecule has 2 aromatic rings. The average molecular weight is 372 g/mol. The van der Waals surface area contributed by atoms with Crippen molar-refractivity contribution in [3.8, 4) is 0 Å². The first-order chi connectivity index (χ1) is 10.0. The van der Waals surface area contributed by atoms with E-state index in [0.717, 1.165) is 33.6 Å². The first kappa shape index (κ1) is 16.5. The van der Waals surface area contributed by atoms with Crippen LogP contribution in [0.3, 0.4) is 0 Å². The third-order valence-corrected chi connectivity index (χ3v) is 5.11. The number of hydrogen-bond acceptors (Lipinski definition) is 2. The van der Waals surface area contributed by atoms with Gasteiger partial charge in [0.15, 0.2) is 0 Å². The molecule has 2 aromatic carbocycles. The molecule has 112 valence electrons. The molecule has 1 atom stereocenters. The Balaban J connectivity index is 2.23. The second kappa shape index (κ2) is 7.38. The minimum absolute atomic E-state index is 0.247. The van der Waals surface area contributed by atoms with Crippen LogP contribution in [0.4, 0.5) is 8.78 Å². The zero-order valence-corrected chi connectivity index (χ0v) is 14.2. The van der Waals surface area contributed by atoms with Gasteiger partial charge < -0.3 is 5.32 Å². The highest BCUT2D eigenvalue weighted by Gasteiger charge is 2.11. The van der Waals surface area contributed by atoms with E-state index in [1.165, 1.54) is 17.8 Å². The van der Waals surface area contributed by atoms with Gasteiger partial charge in [0.25, 0.3) is 0 Å². The van der Waals surface area contributed by atoms with Crippen LogP contribution in [0, 0.1) is 11.6 Å². The summed E-state index contributed by atoms with van der Waals surface area (Å²) in [6, 6.07) is 9.65. The third kappa shape index (κ3) is 4.28. The monoisotopic (exact) mass is 371 g/mol. The predicted molar refractivity (Wildman–Crippen MR) is 86.7 cm³/mol. The SMILES string of the molecule is CCNC(C)c1ccc(Sc2cc(F)ccc2F)c(Br)c1. The third-order valence-electron chi connectivity index (χ3n) is 3.08. The van der Waals surface area contributed by atoms with Crippen molar-refractivity contribution in [2.24, 2.45) is 0 Å². The van der Waals surface area contributed by atoms with Crippen molar-refractivity contribution in [2.45, 2.75) is 29.7 Å². The molecule has 2 rings (SSSR count). The summed E-state index contributed by atoms with van der Waals surface area (Å²) in [6.45, 7) is 5.04. The quantitative estimate of drug-likeness (QED) is 0.739. The Morgan fingerprint density at radius 3 is 2.57 bits per heavy atom. The van der Waals surface area contributed by atoms with Crippen molar-refractivity contribution >= 4 is 27.7 Å². The Kier molecular flexibility index (Phi) is 5.79. The Bertz CT molecular complexity index is 634. The fraction of sp³-hybridized carbons (Fsp3) is 0.250. The number of hydrogen-bond donors (Lipinski definition) is 1. The van der Waals surface area contributed by atoms with Crippen molar-refractivity contribution < 1.29 is 8.78 Å². The fourth-order valence-electron chi connectivity index (χ4n) is 1.97. The maximum absolute atomic E-state index is 13.7. The van der Waals surface area contributed by atoms with E-state index < -0.39 is 11.6 Å². The van der Waals surface area contributed by atoms with Crippen molar-refractivity contribution in [1.82, 2.24) is 5.32 Å². The molecule has 0 heterocycles. The van der Waals surface area contributed by atoms with Gasteiger partial charge in [-0.1, -0.05) is 24.8 Å². The van der Waals surface area contributed by atoms with E-state index in [9.17, 15) is 8.78 Å². The van der Waals surface area contributed by atoms with Gasteiger partial charge in [-0.15, -0.1) is 0 Å². The highest BCUT2D eigenvalue weighted by atomic mass is 79.9. The molecule has 0 fully saturated rings. The number of benzene rings is 2. The van der Waals surface area contributed by atoms with Crippen LogP contribution < -0.4 is 5.32 Å². The lowest BCUT2D eigenvalue weighted by molar-refractivity contribution is 0.577. The van der Waals surface area contributed by atoms with Crippen molar-refractivity contribution in [3.63, 3.8) is 0 Å². The van der Waals surface area contributed by atoms with E-state index in [1.54, 1.807) is 0 Å². The standard InChI is InChI=1S/C16H16BrF2NS/c1-3-20-10(2)11-4-7-15(13(17)8-11)21-16-9-12(18)5-6-14(16)19/h4-10,20H,3H2,1-2H3. The van der Waals surface area contributed by atoms with Crippen LogP contribution in [0.2, 0.25) is 0 Å². The van der Waals surface area contributed by atoms with Gasteiger partial charge in [0.05, 0.1) is 4.90 Å². The van der Waals surface area contributed by atoms with Gasteiger partial charge in [0, 0.05) is 15.4 Å². The minimum Gasteiger partial charge on any atom is -0.310 e. The number of halogens is 3. The highest BCUT2D eigenvalue weighted by molar-refractivity contribution is 9.10. The summed E-state index contributed by atoms with van der Waals surface area (Å²) < 4.78 is 27.8. The van der Waals surface area contributed by atoms with Crippen LogP contribution in [-0.2, 0) is 0 Å². The largest absolute Gasteiger partial charge is 0.310 e. The molecule has 0 amide bonds. The first-order valence-corrected chi connectivity index (χ1v) is 8.28. The van der Waals surface area contributed by atoms with Crippen molar-refractivity contribution in [2.75, 3.05) is 6.54 Å². The van der Waals surface area contributed by atoms with Crippen molar-refractivity contribution in [3.05, 3.63) is 58.1 Å². The van der Waals surface area contributed by atoms with E-state index in [1.807, 2.05) is 18.2 Å². The lowest BCUT2D eigenvalue weighted by Crippen LogP contribution is -2.17. The smallest absolute Gasteiger partial charge is 0.137 e. The molecule has 0 aromatic heterocycles. The Morgan fingerprint density at radius 1 is 1.14 bits per heavy atom. The van der Waals surface area contributed by atoms with Crippen LogP contribution in [0.1, 0.15) is 25.5 Å². The molecule has 0 saturated carbocycles. The van der Waals surface area contributed by atoms with Gasteiger partial charge in [-0.3, -0.25) is 0 Å². The molecular formula is C16H16BrF2NS. The van der Waals surface area contributed by atoms with Crippen molar-refractivity contribution in [1.29, 1.82) is 0 Å². The van der Waals surface area contributed by atoms with Crippen LogP contribution in [-0.4, -0.2) is 6.54 Å². The average Bonchev–Trinajstić information content (AvgIpc) is 2.45. The van der Waals surface area contributed by atoms with E-state index in [4.69, 9.17) is 0 Å². The zero-order valence-electron chi connectivity index (χ0n) is 11.8. The molecule has 0 spiro atoms. The molecular weight excluding hydrogens is 356 g/mol. The van der Waals surface area contributed by atoms with E-state index in [2.05, 4.69) is 35.1 Å². The molecule has 1 N–H and O–H groups in total.